The summed E-state index contributed by atoms with van der Waals surface area (Å²) in [5, 5.41) is 10.7. The van der Waals surface area contributed by atoms with Gasteiger partial charge in [-0.1, -0.05) is 18.2 Å². The lowest BCUT2D eigenvalue weighted by atomic mass is 10.1. The van der Waals surface area contributed by atoms with Crippen LogP contribution in [-0.4, -0.2) is 64.2 Å². The fourth-order valence-electron chi connectivity index (χ4n) is 3.06. The Kier molecular flexibility index (Phi) is 2.60. The number of nitrogens with zero attached hydrogens (tertiary/aromatic N) is 3. The number of urea groups is 1. The number of amides is 3. The van der Waals surface area contributed by atoms with E-state index < -0.39 is 0 Å². The van der Waals surface area contributed by atoms with Crippen molar-refractivity contribution in [3.05, 3.63) is 30.0 Å². The Hall–Kier alpha value is -2.57. The molecule has 2 saturated heterocycles. The predicted molar refractivity (Wildman–Crippen MR) is 75.9 cm³/mol. The fourth-order valence-corrected chi connectivity index (χ4v) is 3.06. The lowest BCUT2D eigenvalue weighted by Gasteiger charge is -2.36. The Labute approximate surface area is 120 Å². The summed E-state index contributed by atoms with van der Waals surface area (Å²) >= 11 is 0. The van der Waals surface area contributed by atoms with Crippen molar-refractivity contribution in [3.63, 3.8) is 0 Å². The van der Waals surface area contributed by atoms with E-state index in [0.717, 1.165) is 10.9 Å². The number of para-hydroxylation sites is 1. The lowest BCUT2D eigenvalue weighted by Crippen LogP contribution is -2.53. The zero-order valence-electron chi connectivity index (χ0n) is 11.4. The van der Waals surface area contributed by atoms with Gasteiger partial charge < -0.3 is 15.1 Å². The number of aromatic nitrogens is 2. The monoisotopic (exact) mass is 285 g/mol. The Balaban J connectivity index is 1.59. The molecule has 21 heavy (non-hydrogen) atoms. The van der Waals surface area contributed by atoms with Gasteiger partial charge in [-0.25, -0.2) is 4.79 Å². The van der Waals surface area contributed by atoms with Gasteiger partial charge in [0.15, 0.2) is 5.69 Å². The number of nitrogens with one attached hydrogen (secondary N) is 2. The van der Waals surface area contributed by atoms with E-state index in [-0.39, 0.29) is 18.0 Å². The minimum Gasteiger partial charge on any atom is -0.336 e. The number of carbonyl (C=O) groups is 2. The van der Waals surface area contributed by atoms with E-state index >= 15 is 0 Å². The average Bonchev–Trinajstić information content (AvgIpc) is 3.10. The van der Waals surface area contributed by atoms with Gasteiger partial charge in [0.2, 0.25) is 0 Å². The number of fused-ring (bicyclic) bond motifs is 2. The van der Waals surface area contributed by atoms with Crippen LogP contribution in [0, 0.1) is 0 Å². The maximum absolute atomic E-state index is 12.7. The van der Waals surface area contributed by atoms with Crippen molar-refractivity contribution in [2.45, 2.75) is 6.04 Å². The lowest BCUT2D eigenvalue weighted by molar-refractivity contribution is 0.0613. The average molecular weight is 285 g/mol. The van der Waals surface area contributed by atoms with Gasteiger partial charge in [0.1, 0.15) is 0 Å². The Morgan fingerprint density at radius 3 is 3.05 bits per heavy atom. The highest BCUT2D eigenvalue weighted by molar-refractivity contribution is 6.04. The first-order chi connectivity index (χ1) is 10.2. The van der Waals surface area contributed by atoms with E-state index in [0.29, 0.717) is 31.9 Å². The summed E-state index contributed by atoms with van der Waals surface area (Å²) in [5.41, 5.74) is 1.31. The van der Waals surface area contributed by atoms with Gasteiger partial charge >= 0.3 is 6.03 Å². The number of benzene rings is 1. The summed E-state index contributed by atoms with van der Waals surface area (Å²) in [7, 11) is 0. The highest BCUT2D eigenvalue weighted by atomic mass is 16.2. The maximum Gasteiger partial charge on any atom is 0.317 e. The molecule has 1 aromatic carbocycles. The minimum atomic E-state index is -0.0774. The SMILES string of the molecule is O=C(c1n[nH]c2ccccc12)N1CCN2C(=O)NCC2C1. The highest BCUT2D eigenvalue weighted by Crippen LogP contribution is 2.20. The highest BCUT2D eigenvalue weighted by Gasteiger charge is 2.37. The van der Waals surface area contributed by atoms with E-state index in [2.05, 4.69) is 15.5 Å². The molecule has 2 aliphatic rings. The van der Waals surface area contributed by atoms with Gasteiger partial charge in [0.05, 0.1) is 11.6 Å². The van der Waals surface area contributed by atoms with Gasteiger partial charge in [-0.2, -0.15) is 5.10 Å². The van der Waals surface area contributed by atoms with E-state index in [1.54, 1.807) is 9.80 Å². The second-order valence-electron chi connectivity index (χ2n) is 5.40. The van der Waals surface area contributed by atoms with Crippen LogP contribution in [-0.2, 0) is 0 Å². The Morgan fingerprint density at radius 1 is 1.29 bits per heavy atom. The largest absolute Gasteiger partial charge is 0.336 e. The number of hydrogen-bond acceptors (Lipinski definition) is 3. The van der Waals surface area contributed by atoms with Crippen molar-refractivity contribution < 1.29 is 9.59 Å². The number of piperazine rings is 1. The van der Waals surface area contributed by atoms with Gasteiger partial charge in [0.25, 0.3) is 5.91 Å². The van der Waals surface area contributed by atoms with E-state index in [1.165, 1.54) is 0 Å². The minimum absolute atomic E-state index is 0.0303. The van der Waals surface area contributed by atoms with Crippen molar-refractivity contribution in [1.82, 2.24) is 25.3 Å². The Morgan fingerprint density at radius 2 is 2.14 bits per heavy atom. The first-order valence-corrected chi connectivity index (χ1v) is 7.01. The van der Waals surface area contributed by atoms with Crippen molar-refractivity contribution in [2.75, 3.05) is 26.2 Å². The zero-order valence-corrected chi connectivity index (χ0v) is 11.4. The van der Waals surface area contributed by atoms with Crippen molar-refractivity contribution in [3.8, 4) is 0 Å². The maximum atomic E-state index is 12.7. The van der Waals surface area contributed by atoms with Crippen LogP contribution >= 0.6 is 0 Å². The molecule has 7 nitrogen and oxygen atoms in total. The van der Waals surface area contributed by atoms with Crippen molar-refractivity contribution >= 4 is 22.8 Å². The van der Waals surface area contributed by atoms with E-state index in [4.69, 9.17) is 0 Å². The normalized spacial score (nSPS) is 21.5. The van der Waals surface area contributed by atoms with Crippen LogP contribution in [0.2, 0.25) is 0 Å². The van der Waals surface area contributed by atoms with E-state index in [9.17, 15) is 9.59 Å². The summed E-state index contributed by atoms with van der Waals surface area (Å²) < 4.78 is 0. The molecular formula is C14H15N5O2. The molecule has 0 radical (unpaired) electrons. The fraction of sp³-hybridized carbons (Fsp3) is 0.357. The number of hydrogen-bond donors (Lipinski definition) is 2. The van der Waals surface area contributed by atoms with Crippen LogP contribution in [0.4, 0.5) is 4.79 Å². The second kappa shape index (κ2) is 4.47. The molecule has 0 aliphatic carbocycles. The van der Waals surface area contributed by atoms with Crippen molar-refractivity contribution in [2.24, 2.45) is 0 Å². The molecule has 2 aliphatic heterocycles. The van der Waals surface area contributed by atoms with E-state index in [1.807, 2.05) is 24.3 Å². The van der Waals surface area contributed by atoms with Crippen molar-refractivity contribution in [1.29, 1.82) is 0 Å². The first-order valence-electron chi connectivity index (χ1n) is 7.01. The van der Waals surface area contributed by atoms with Crippen LogP contribution in [0.15, 0.2) is 24.3 Å². The molecule has 2 N–H and O–H groups in total. The first kappa shape index (κ1) is 12.2. The van der Waals surface area contributed by atoms with Crippen LogP contribution in [0.25, 0.3) is 10.9 Å². The van der Waals surface area contributed by atoms with Crippen LogP contribution in [0.3, 0.4) is 0 Å². The summed E-state index contributed by atoms with van der Waals surface area (Å²) in [6, 6.07) is 7.63. The third kappa shape index (κ3) is 1.84. The van der Waals surface area contributed by atoms with Crippen LogP contribution in [0.1, 0.15) is 10.5 Å². The Bertz CT molecular complexity index is 725. The van der Waals surface area contributed by atoms with Gasteiger partial charge in [0, 0.05) is 31.6 Å². The zero-order chi connectivity index (χ0) is 14.4. The standard InChI is InChI=1S/C14H15N5O2/c20-13(12-10-3-1-2-4-11(10)16-17-12)18-5-6-19-9(8-18)7-15-14(19)21/h1-4,9H,5-8H2,(H,15,21)(H,16,17). The smallest absolute Gasteiger partial charge is 0.317 e. The molecule has 2 fully saturated rings. The molecule has 3 heterocycles. The molecule has 108 valence electrons. The topological polar surface area (TPSA) is 81.3 Å². The second-order valence-corrected chi connectivity index (χ2v) is 5.40. The number of aromatic amines is 1. The number of rotatable bonds is 1. The summed E-state index contributed by atoms with van der Waals surface area (Å²) in [4.78, 5) is 27.8. The molecule has 0 bridgehead atoms. The van der Waals surface area contributed by atoms with Gasteiger partial charge in [-0.05, 0) is 6.07 Å². The molecule has 0 saturated carbocycles. The van der Waals surface area contributed by atoms with Crippen LogP contribution in [0.5, 0.6) is 0 Å². The molecule has 1 atom stereocenters. The summed E-state index contributed by atoms with van der Waals surface area (Å²) in [6.45, 7) is 2.28. The molecule has 7 heteroatoms. The molecule has 2 aromatic rings. The molecule has 4 rings (SSSR count). The molecule has 3 amide bonds. The quantitative estimate of drug-likeness (QED) is 0.796. The van der Waals surface area contributed by atoms with Crippen LogP contribution < -0.4 is 5.32 Å². The summed E-state index contributed by atoms with van der Waals surface area (Å²) in [5.74, 6) is -0.0774. The third-order valence-corrected chi connectivity index (χ3v) is 4.19. The molecular weight excluding hydrogens is 270 g/mol. The summed E-state index contributed by atoms with van der Waals surface area (Å²) in [6.07, 6.45) is 0. The third-order valence-electron chi connectivity index (χ3n) is 4.19. The molecule has 0 spiro atoms. The van der Waals surface area contributed by atoms with Gasteiger partial charge in [-0.3, -0.25) is 9.89 Å². The number of carbonyl (C=O) groups excluding carboxylic acids is 2. The predicted octanol–water partition coefficient (Wildman–Crippen LogP) is 0.412. The molecule has 1 aromatic heterocycles. The number of H-pyrrole nitrogens is 1. The van der Waals surface area contributed by atoms with Gasteiger partial charge in [-0.15, -0.1) is 0 Å². The molecule has 1 unspecified atom stereocenters.